The second-order valence-corrected chi connectivity index (χ2v) is 4.88. The lowest BCUT2D eigenvalue weighted by atomic mass is 9.98. The molecule has 1 unspecified atom stereocenters. The van der Waals surface area contributed by atoms with Crippen LogP contribution in [0.4, 0.5) is 0 Å². The van der Waals surface area contributed by atoms with Crippen molar-refractivity contribution in [1.82, 2.24) is 0 Å². The van der Waals surface area contributed by atoms with E-state index in [0.717, 1.165) is 12.0 Å². The smallest absolute Gasteiger partial charge is 0.135 e. The van der Waals surface area contributed by atoms with Crippen LogP contribution in [0.3, 0.4) is 0 Å². The molecule has 0 bridgehead atoms. The van der Waals surface area contributed by atoms with Crippen molar-refractivity contribution in [3.8, 4) is 5.75 Å². The minimum atomic E-state index is -0.143. The highest BCUT2D eigenvalue weighted by molar-refractivity contribution is 6.34. The van der Waals surface area contributed by atoms with Crippen molar-refractivity contribution >= 4 is 23.2 Å². The quantitative estimate of drug-likeness (QED) is 0.855. The standard InChI is InChI=1S/C11H15Cl2NO/c1-6(2)3-10(14)7-4-9(13)11(15)5-8(7)12/h4-6,10,15H,3,14H2,1-2H3. The molecule has 0 saturated carbocycles. The Bertz CT molecular complexity index is 353. The highest BCUT2D eigenvalue weighted by Crippen LogP contribution is 2.34. The molecule has 0 saturated heterocycles. The molecule has 1 atom stereocenters. The SMILES string of the molecule is CC(C)CC(N)c1cc(Cl)c(O)cc1Cl. The summed E-state index contributed by atoms with van der Waals surface area (Å²) in [5.41, 5.74) is 6.78. The van der Waals surface area contributed by atoms with Crippen molar-refractivity contribution < 1.29 is 5.11 Å². The Labute approximate surface area is 100.0 Å². The number of rotatable bonds is 3. The van der Waals surface area contributed by atoms with Crippen LogP contribution >= 0.6 is 23.2 Å². The lowest BCUT2D eigenvalue weighted by Crippen LogP contribution is -2.13. The van der Waals surface area contributed by atoms with Gasteiger partial charge in [0.05, 0.1) is 5.02 Å². The van der Waals surface area contributed by atoms with Crippen LogP contribution in [0.1, 0.15) is 31.9 Å². The molecule has 0 spiro atoms. The Hall–Kier alpha value is -0.440. The molecule has 0 radical (unpaired) electrons. The first-order valence-corrected chi connectivity index (χ1v) is 5.61. The van der Waals surface area contributed by atoms with Crippen LogP contribution in [-0.2, 0) is 0 Å². The fraction of sp³-hybridized carbons (Fsp3) is 0.455. The van der Waals surface area contributed by atoms with Crippen LogP contribution in [0.5, 0.6) is 5.75 Å². The fourth-order valence-corrected chi connectivity index (χ4v) is 1.94. The normalized spacial score (nSPS) is 13.2. The molecule has 4 heteroatoms. The Morgan fingerprint density at radius 2 is 1.87 bits per heavy atom. The number of benzene rings is 1. The molecule has 1 aromatic carbocycles. The van der Waals surface area contributed by atoms with Gasteiger partial charge in [-0.3, -0.25) is 0 Å². The first-order valence-electron chi connectivity index (χ1n) is 4.85. The van der Waals surface area contributed by atoms with E-state index in [4.69, 9.17) is 28.9 Å². The Morgan fingerprint density at radius 3 is 2.40 bits per heavy atom. The third kappa shape index (κ3) is 3.26. The molecule has 0 amide bonds. The van der Waals surface area contributed by atoms with Gasteiger partial charge in [0.25, 0.3) is 0 Å². The Kier molecular flexibility index (Phi) is 4.26. The Morgan fingerprint density at radius 1 is 1.27 bits per heavy atom. The fourth-order valence-electron chi connectivity index (χ4n) is 1.47. The third-order valence-corrected chi connectivity index (χ3v) is 2.82. The number of halogens is 2. The molecule has 1 aromatic rings. The minimum Gasteiger partial charge on any atom is -0.506 e. The van der Waals surface area contributed by atoms with E-state index >= 15 is 0 Å². The van der Waals surface area contributed by atoms with Crippen molar-refractivity contribution in [2.75, 3.05) is 0 Å². The summed E-state index contributed by atoms with van der Waals surface area (Å²) in [5.74, 6) is 0.478. The van der Waals surface area contributed by atoms with Gasteiger partial charge in [0.15, 0.2) is 0 Å². The first-order chi connectivity index (χ1) is 6.91. The minimum absolute atomic E-state index is 0.0119. The van der Waals surface area contributed by atoms with Crippen LogP contribution in [0.2, 0.25) is 10.0 Å². The summed E-state index contributed by atoms with van der Waals surface area (Å²) in [6.45, 7) is 4.19. The summed E-state index contributed by atoms with van der Waals surface area (Å²) in [4.78, 5) is 0. The molecule has 0 aliphatic heterocycles. The maximum atomic E-state index is 9.33. The van der Waals surface area contributed by atoms with E-state index in [2.05, 4.69) is 13.8 Å². The van der Waals surface area contributed by atoms with Crippen LogP contribution in [-0.4, -0.2) is 5.11 Å². The molecule has 0 aliphatic rings. The summed E-state index contributed by atoms with van der Waals surface area (Å²) < 4.78 is 0. The molecule has 1 rings (SSSR count). The molecule has 0 fully saturated rings. The monoisotopic (exact) mass is 247 g/mol. The number of phenolic OH excluding ortho intramolecular Hbond substituents is 1. The summed E-state index contributed by atoms with van der Waals surface area (Å²) in [6.07, 6.45) is 0.834. The van der Waals surface area contributed by atoms with Crippen molar-refractivity contribution in [1.29, 1.82) is 0 Å². The highest BCUT2D eigenvalue weighted by atomic mass is 35.5. The summed E-state index contributed by atoms with van der Waals surface area (Å²) >= 11 is 11.8. The molecular weight excluding hydrogens is 233 g/mol. The summed E-state index contributed by atoms with van der Waals surface area (Å²) in [7, 11) is 0. The summed E-state index contributed by atoms with van der Waals surface area (Å²) in [5, 5.41) is 10.1. The second kappa shape index (κ2) is 5.06. The molecule has 84 valence electrons. The zero-order valence-corrected chi connectivity index (χ0v) is 10.3. The second-order valence-electron chi connectivity index (χ2n) is 4.06. The van der Waals surface area contributed by atoms with Crippen LogP contribution in [0.25, 0.3) is 0 Å². The van der Waals surface area contributed by atoms with E-state index in [1.54, 1.807) is 6.07 Å². The molecular formula is C11H15Cl2NO. The highest BCUT2D eigenvalue weighted by Gasteiger charge is 2.14. The predicted octanol–water partition coefficient (Wildman–Crippen LogP) is 3.74. The van der Waals surface area contributed by atoms with E-state index in [-0.39, 0.29) is 16.8 Å². The predicted molar refractivity (Wildman–Crippen MR) is 64.5 cm³/mol. The number of hydrogen-bond acceptors (Lipinski definition) is 2. The van der Waals surface area contributed by atoms with Gasteiger partial charge in [0.2, 0.25) is 0 Å². The van der Waals surface area contributed by atoms with Gasteiger partial charge in [-0.2, -0.15) is 0 Å². The van der Waals surface area contributed by atoms with Crippen LogP contribution in [0, 0.1) is 5.92 Å². The van der Waals surface area contributed by atoms with E-state index in [9.17, 15) is 5.11 Å². The summed E-state index contributed by atoms with van der Waals surface area (Å²) in [6, 6.07) is 2.92. The van der Waals surface area contributed by atoms with Gasteiger partial charge < -0.3 is 10.8 Å². The molecule has 0 aliphatic carbocycles. The van der Waals surface area contributed by atoms with Gasteiger partial charge in [-0.25, -0.2) is 0 Å². The molecule has 0 aromatic heterocycles. The number of hydrogen-bond donors (Lipinski definition) is 2. The lowest BCUT2D eigenvalue weighted by molar-refractivity contribution is 0.474. The van der Waals surface area contributed by atoms with E-state index < -0.39 is 0 Å². The maximum Gasteiger partial charge on any atom is 0.135 e. The largest absolute Gasteiger partial charge is 0.506 e. The average molecular weight is 248 g/mol. The van der Waals surface area contributed by atoms with Gasteiger partial charge in [-0.15, -0.1) is 0 Å². The zero-order valence-electron chi connectivity index (χ0n) is 8.80. The average Bonchev–Trinajstić information content (AvgIpc) is 2.09. The van der Waals surface area contributed by atoms with Gasteiger partial charge in [-0.05, 0) is 24.0 Å². The van der Waals surface area contributed by atoms with E-state index in [1.807, 2.05) is 0 Å². The maximum absolute atomic E-state index is 9.33. The van der Waals surface area contributed by atoms with Crippen LogP contribution < -0.4 is 5.73 Å². The topological polar surface area (TPSA) is 46.2 Å². The molecule has 2 nitrogen and oxygen atoms in total. The molecule has 3 N–H and O–H groups in total. The molecule has 0 heterocycles. The van der Waals surface area contributed by atoms with E-state index in [0.29, 0.717) is 10.9 Å². The van der Waals surface area contributed by atoms with Crippen molar-refractivity contribution in [2.24, 2.45) is 11.7 Å². The van der Waals surface area contributed by atoms with Crippen molar-refractivity contribution in [3.63, 3.8) is 0 Å². The van der Waals surface area contributed by atoms with Crippen LogP contribution in [0.15, 0.2) is 12.1 Å². The third-order valence-electron chi connectivity index (χ3n) is 2.19. The lowest BCUT2D eigenvalue weighted by Gasteiger charge is -2.16. The van der Waals surface area contributed by atoms with Gasteiger partial charge in [-0.1, -0.05) is 37.0 Å². The molecule has 15 heavy (non-hydrogen) atoms. The number of phenols is 1. The van der Waals surface area contributed by atoms with Crippen molar-refractivity contribution in [2.45, 2.75) is 26.3 Å². The zero-order chi connectivity index (χ0) is 11.6. The van der Waals surface area contributed by atoms with E-state index in [1.165, 1.54) is 6.07 Å². The number of nitrogens with two attached hydrogens (primary N) is 1. The van der Waals surface area contributed by atoms with Crippen molar-refractivity contribution in [3.05, 3.63) is 27.7 Å². The van der Waals surface area contributed by atoms with Gasteiger partial charge in [0, 0.05) is 17.1 Å². The first kappa shape index (κ1) is 12.6. The number of aromatic hydroxyl groups is 1. The Balaban J connectivity index is 2.98. The van der Waals surface area contributed by atoms with Gasteiger partial charge >= 0.3 is 0 Å². The van der Waals surface area contributed by atoms with Gasteiger partial charge in [0.1, 0.15) is 5.75 Å².